The van der Waals surface area contributed by atoms with Crippen LogP contribution in [0.15, 0.2) is 17.0 Å². The van der Waals surface area contributed by atoms with Crippen LogP contribution < -0.4 is 10.1 Å². The van der Waals surface area contributed by atoms with Crippen molar-refractivity contribution in [1.82, 2.24) is 0 Å². The Morgan fingerprint density at radius 1 is 1.35 bits per heavy atom. The topological polar surface area (TPSA) is 110 Å². The molecule has 1 rings (SSSR count). The summed E-state index contributed by atoms with van der Waals surface area (Å²) < 4.78 is 36.3. The van der Waals surface area contributed by atoms with Gasteiger partial charge < -0.3 is 10.1 Å². The monoisotopic (exact) mass is 300 g/mol. The Bertz CT molecular complexity index is 650. The molecular weight excluding hydrogens is 286 g/mol. The Kier molecular flexibility index (Phi) is 4.85. The average molecular weight is 300 g/mol. The number of ketones is 1. The smallest absolute Gasteiger partial charge is 0.294 e. The van der Waals surface area contributed by atoms with E-state index in [9.17, 15) is 18.0 Å². The van der Waals surface area contributed by atoms with E-state index in [-0.39, 0.29) is 21.9 Å². The van der Waals surface area contributed by atoms with Crippen LogP contribution in [0, 0.1) is 13.3 Å². The maximum Gasteiger partial charge on any atom is 0.294 e. The van der Waals surface area contributed by atoms with Gasteiger partial charge in [0.1, 0.15) is 22.8 Å². The Morgan fingerprint density at radius 2 is 1.95 bits per heavy atom. The molecule has 1 radical (unpaired) electrons. The van der Waals surface area contributed by atoms with Crippen LogP contribution in [0.3, 0.4) is 0 Å². The summed E-state index contributed by atoms with van der Waals surface area (Å²) in [5.41, 5.74) is 0.423. The van der Waals surface area contributed by atoms with Crippen molar-refractivity contribution in [3.63, 3.8) is 0 Å². The van der Waals surface area contributed by atoms with Crippen molar-refractivity contribution in [2.24, 2.45) is 0 Å². The molecule has 7 nitrogen and oxygen atoms in total. The lowest BCUT2D eigenvalue weighted by Gasteiger charge is -2.12. The second kappa shape index (κ2) is 6.02. The zero-order valence-corrected chi connectivity index (χ0v) is 11.9. The quantitative estimate of drug-likeness (QED) is 0.619. The first-order valence-corrected chi connectivity index (χ1v) is 6.91. The van der Waals surface area contributed by atoms with E-state index in [1.807, 2.05) is 0 Å². The maximum atomic E-state index is 11.5. The summed E-state index contributed by atoms with van der Waals surface area (Å²) in [6.45, 7) is 2.68. The van der Waals surface area contributed by atoms with Crippen LogP contribution in [0.25, 0.3) is 0 Å². The number of methoxy groups -OCH3 is 1. The molecule has 109 valence electrons. The molecule has 2 N–H and O–H groups in total. The molecule has 0 aliphatic heterocycles. The van der Waals surface area contributed by atoms with Crippen molar-refractivity contribution in [2.45, 2.75) is 18.7 Å². The van der Waals surface area contributed by atoms with E-state index >= 15 is 0 Å². The number of aryl methyl sites for hydroxylation is 1. The van der Waals surface area contributed by atoms with Gasteiger partial charge in [0.05, 0.1) is 12.8 Å². The Morgan fingerprint density at radius 3 is 2.40 bits per heavy atom. The molecule has 0 aromatic heterocycles. The van der Waals surface area contributed by atoms with Crippen LogP contribution in [0.5, 0.6) is 5.75 Å². The number of anilines is 1. The highest BCUT2D eigenvalue weighted by molar-refractivity contribution is 7.85. The van der Waals surface area contributed by atoms with Gasteiger partial charge in [0.2, 0.25) is 5.91 Å². The summed E-state index contributed by atoms with van der Waals surface area (Å²) in [4.78, 5) is 21.9. The van der Waals surface area contributed by atoms with Crippen LogP contribution in [-0.4, -0.2) is 31.8 Å². The van der Waals surface area contributed by atoms with Gasteiger partial charge in [-0.3, -0.25) is 14.1 Å². The average Bonchev–Trinajstić information content (AvgIpc) is 2.26. The summed E-state index contributed by atoms with van der Waals surface area (Å²) in [6, 6.07) is 2.42. The minimum absolute atomic E-state index is 0.0496. The van der Waals surface area contributed by atoms with Gasteiger partial charge in [-0.1, -0.05) is 0 Å². The molecule has 0 unspecified atom stereocenters. The SMILES string of the molecule is COc1cc(S(=O)(=O)O)c(C)cc1NC(=O)[CH]C(C)=O. The number of hydrogen-bond acceptors (Lipinski definition) is 5. The fourth-order valence-corrected chi connectivity index (χ4v) is 2.29. The van der Waals surface area contributed by atoms with Gasteiger partial charge >= 0.3 is 0 Å². The van der Waals surface area contributed by atoms with Crippen molar-refractivity contribution < 1.29 is 27.3 Å². The fraction of sp³-hybridized carbons (Fsp3) is 0.250. The molecular formula is C12H14NO6S. The maximum absolute atomic E-state index is 11.5. The van der Waals surface area contributed by atoms with E-state index in [0.717, 1.165) is 12.5 Å². The number of rotatable bonds is 5. The van der Waals surface area contributed by atoms with Crippen molar-refractivity contribution in [3.05, 3.63) is 24.1 Å². The molecule has 0 bridgehead atoms. The summed E-state index contributed by atoms with van der Waals surface area (Å²) in [5.74, 6) is -1.03. The lowest BCUT2D eigenvalue weighted by molar-refractivity contribution is -0.119. The van der Waals surface area contributed by atoms with Gasteiger partial charge in [0.25, 0.3) is 10.1 Å². The summed E-state index contributed by atoms with van der Waals surface area (Å²) in [7, 11) is -3.10. The third kappa shape index (κ3) is 4.04. The lowest BCUT2D eigenvalue weighted by Crippen LogP contribution is -2.16. The number of ether oxygens (including phenoxy) is 1. The Labute approximate surface area is 116 Å². The number of carbonyl (C=O) groups is 2. The first kappa shape index (κ1) is 16.1. The third-order valence-electron chi connectivity index (χ3n) is 2.37. The van der Waals surface area contributed by atoms with Gasteiger partial charge in [-0.25, -0.2) is 0 Å². The number of carbonyl (C=O) groups excluding carboxylic acids is 2. The van der Waals surface area contributed by atoms with E-state index in [1.54, 1.807) is 0 Å². The summed E-state index contributed by atoms with van der Waals surface area (Å²) >= 11 is 0. The molecule has 1 aromatic carbocycles. The molecule has 0 saturated carbocycles. The van der Waals surface area contributed by atoms with Crippen molar-refractivity contribution in [1.29, 1.82) is 0 Å². The molecule has 0 aliphatic rings. The van der Waals surface area contributed by atoms with Gasteiger partial charge in [-0.05, 0) is 25.5 Å². The molecule has 0 aliphatic carbocycles. The first-order valence-electron chi connectivity index (χ1n) is 5.47. The van der Waals surface area contributed by atoms with Gasteiger partial charge in [-0.15, -0.1) is 0 Å². The van der Waals surface area contributed by atoms with Crippen LogP contribution in [-0.2, 0) is 19.7 Å². The molecule has 20 heavy (non-hydrogen) atoms. The van der Waals surface area contributed by atoms with Crippen molar-refractivity contribution in [3.8, 4) is 5.75 Å². The van der Waals surface area contributed by atoms with E-state index in [4.69, 9.17) is 9.29 Å². The minimum Gasteiger partial charge on any atom is -0.495 e. The Hall–Kier alpha value is -1.93. The molecule has 1 amide bonds. The standard InChI is InChI=1S/C12H14NO6S/c1-7-4-9(13-12(15)5-8(2)14)10(19-3)6-11(7)20(16,17)18/h4-6H,1-3H3,(H,13,15)(H,16,17,18). The number of hydrogen-bond donors (Lipinski definition) is 2. The predicted octanol–water partition coefficient (Wildman–Crippen LogP) is 0.982. The number of benzene rings is 1. The largest absolute Gasteiger partial charge is 0.495 e. The number of amides is 1. The number of Topliss-reactive ketones (excluding diaryl/α,β-unsaturated/α-hetero) is 1. The van der Waals surface area contributed by atoms with Gasteiger partial charge in [0.15, 0.2) is 0 Å². The molecule has 0 fully saturated rings. The van der Waals surface area contributed by atoms with Crippen LogP contribution in [0.4, 0.5) is 5.69 Å². The normalized spacial score (nSPS) is 11.0. The summed E-state index contributed by atoms with van der Waals surface area (Å²) in [5, 5.41) is 2.40. The van der Waals surface area contributed by atoms with Gasteiger partial charge in [-0.2, -0.15) is 8.42 Å². The lowest BCUT2D eigenvalue weighted by atomic mass is 10.2. The molecule has 8 heteroatoms. The van der Waals surface area contributed by atoms with Crippen LogP contribution in [0.1, 0.15) is 12.5 Å². The van der Waals surface area contributed by atoms with E-state index < -0.39 is 21.8 Å². The third-order valence-corrected chi connectivity index (χ3v) is 3.36. The first-order chi connectivity index (χ1) is 9.15. The second-order valence-corrected chi connectivity index (χ2v) is 5.43. The molecule has 0 heterocycles. The van der Waals surface area contributed by atoms with Crippen LogP contribution in [0.2, 0.25) is 0 Å². The minimum atomic E-state index is -4.38. The van der Waals surface area contributed by atoms with Crippen molar-refractivity contribution >= 4 is 27.5 Å². The molecule has 1 aromatic rings. The molecule has 0 spiro atoms. The number of nitrogens with one attached hydrogen (secondary N) is 1. The summed E-state index contributed by atoms with van der Waals surface area (Å²) in [6.07, 6.45) is 0.853. The van der Waals surface area contributed by atoms with Gasteiger partial charge in [0, 0.05) is 6.07 Å². The zero-order chi connectivity index (χ0) is 15.5. The molecule has 0 atom stereocenters. The van der Waals surface area contributed by atoms with E-state index in [2.05, 4.69) is 5.32 Å². The molecule has 0 saturated heterocycles. The van der Waals surface area contributed by atoms with E-state index in [0.29, 0.717) is 0 Å². The zero-order valence-electron chi connectivity index (χ0n) is 11.1. The van der Waals surface area contributed by atoms with Crippen LogP contribution >= 0.6 is 0 Å². The van der Waals surface area contributed by atoms with E-state index in [1.165, 1.54) is 27.0 Å². The highest BCUT2D eigenvalue weighted by atomic mass is 32.2. The highest BCUT2D eigenvalue weighted by Crippen LogP contribution is 2.30. The predicted molar refractivity (Wildman–Crippen MR) is 71.2 cm³/mol. The fourth-order valence-electron chi connectivity index (χ4n) is 1.57. The highest BCUT2D eigenvalue weighted by Gasteiger charge is 2.18. The second-order valence-electron chi connectivity index (χ2n) is 4.04. The van der Waals surface area contributed by atoms with Crippen molar-refractivity contribution in [2.75, 3.05) is 12.4 Å². The Balaban J connectivity index is 3.19.